The summed E-state index contributed by atoms with van der Waals surface area (Å²) in [6, 6.07) is 0. The largest absolute Gasteiger partial charge is 0.469 e. The minimum atomic E-state index is -0.356. The second kappa shape index (κ2) is 16.0. The van der Waals surface area contributed by atoms with Gasteiger partial charge in [-0.15, -0.1) is 0 Å². The summed E-state index contributed by atoms with van der Waals surface area (Å²) in [6.07, 6.45) is 20.3. The molecule has 1 atom stereocenters. The minimum absolute atomic E-state index is 0.126. The predicted molar refractivity (Wildman–Crippen MR) is 92.7 cm³/mol. The molecule has 0 bridgehead atoms. The molecule has 0 aliphatic carbocycles. The SMILES string of the molecule is CC/C=C\C/C=C\C=C\[C@H](O)CCCCCCCC(=O)OC. The molecule has 126 valence electrons. The van der Waals surface area contributed by atoms with Gasteiger partial charge < -0.3 is 9.84 Å². The van der Waals surface area contributed by atoms with Gasteiger partial charge in [0.15, 0.2) is 0 Å². The summed E-state index contributed by atoms with van der Waals surface area (Å²) in [5.41, 5.74) is 0. The van der Waals surface area contributed by atoms with Crippen LogP contribution in [0.4, 0.5) is 0 Å². The van der Waals surface area contributed by atoms with E-state index in [2.05, 4.69) is 29.9 Å². The van der Waals surface area contributed by atoms with Crippen molar-refractivity contribution in [2.75, 3.05) is 7.11 Å². The Balaban J connectivity index is 3.47. The summed E-state index contributed by atoms with van der Waals surface area (Å²) in [7, 11) is 1.42. The van der Waals surface area contributed by atoms with Gasteiger partial charge in [-0.05, 0) is 25.7 Å². The molecule has 0 heterocycles. The van der Waals surface area contributed by atoms with Gasteiger partial charge in [-0.3, -0.25) is 4.79 Å². The molecule has 1 N–H and O–H groups in total. The molecule has 0 aliphatic heterocycles. The highest BCUT2D eigenvalue weighted by molar-refractivity contribution is 5.68. The molecule has 0 rings (SSSR count). The Morgan fingerprint density at radius 3 is 2.50 bits per heavy atom. The molecule has 0 saturated carbocycles. The van der Waals surface area contributed by atoms with Crippen LogP contribution in [0.5, 0.6) is 0 Å². The van der Waals surface area contributed by atoms with E-state index in [9.17, 15) is 9.90 Å². The molecule has 0 aromatic rings. The van der Waals surface area contributed by atoms with Gasteiger partial charge in [0, 0.05) is 6.42 Å². The van der Waals surface area contributed by atoms with Crippen LogP contribution in [-0.4, -0.2) is 24.3 Å². The molecule has 22 heavy (non-hydrogen) atoms. The smallest absolute Gasteiger partial charge is 0.305 e. The van der Waals surface area contributed by atoms with Crippen LogP contribution in [0, 0.1) is 0 Å². The Kier molecular flexibility index (Phi) is 15.0. The van der Waals surface area contributed by atoms with Crippen molar-refractivity contribution in [3.8, 4) is 0 Å². The fourth-order valence-corrected chi connectivity index (χ4v) is 2.04. The molecule has 0 unspecified atom stereocenters. The highest BCUT2D eigenvalue weighted by Crippen LogP contribution is 2.09. The summed E-state index contributed by atoms with van der Waals surface area (Å²) in [5, 5.41) is 9.80. The number of carbonyl (C=O) groups excluding carboxylic acids is 1. The summed E-state index contributed by atoms with van der Waals surface area (Å²) in [5.74, 6) is -0.126. The molecule has 3 heteroatoms. The summed E-state index contributed by atoms with van der Waals surface area (Å²) >= 11 is 0. The van der Waals surface area contributed by atoms with Gasteiger partial charge >= 0.3 is 5.97 Å². The van der Waals surface area contributed by atoms with Crippen LogP contribution in [0.1, 0.15) is 64.7 Å². The molecule has 0 radical (unpaired) electrons. The third-order valence-electron chi connectivity index (χ3n) is 3.36. The fourth-order valence-electron chi connectivity index (χ4n) is 2.04. The molecular formula is C19H32O3. The van der Waals surface area contributed by atoms with Crippen molar-refractivity contribution in [2.45, 2.75) is 70.8 Å². The van der Waals surface area contributed by atoms with E-state index < -0.39 is 0 Å². The Labute approximate surface area is 135 Å². The van der Waals surface area contributed by atoms with Crippen molar-refractivity contribution >= 4 is 5.97 Å². The number of rotatable bonds is 13. The number of allylic oxidation sites excluding steroid dienone is 5. The molecule has 0 amide bonds. The first-order valence-corrected chi connectivity index (χ1v) is 8.44. The van der Waals surface area contributed by atoms with E-state index in [1.807, 2.05) is 18.2 Å². The summed E-state index contributed by atoms with van der Waals surface area (Å²) < 4.78 is 4.59. The lowest BCUT2D eigenvalue weighted by Gasteiger charge is -2.05. The van der Waals surface area contributed by atoms with Crippen molar-refractivity contribution in [3.05, 3.63) is 36.5 Å². The third kappa shape index (κ3) is 15.0. The van der Waals surface area contributed by atoms with Crippen LogP contribution < -0.4 is 0 Å². The maximum Gasteiger partial charge on any atom is 0.305 e. The number of hydrogen-bond donors (Lipinski definition) is 1. The topological polar surface area (TPSA) is 46.5 Å². The highest BCUT2D eigenvalue weighted by atomic mass is 16.5. The van der Waals surface area contributed by atoms with Crippen LogP contribution >= 0.6 is 0 Å². The standard InChI is InChI=1S/C19H32O3/c1-3-4-5-6-7-9-12-15-18(20)16-13-10-8-11-14-17-19(21)22-2/h4-5,7,9,12,15,18,20H,3,6,8,10-11,13-14,16-17H2,1-2H3/b5-4-,9-7-,15-12+/t18-/m0/s1. The van der Waals surface area contributed by atoms with E-state index in [4.69, 9.17) is 0 Å². The maximum atomic E-state index is 10.9. The van der Waals surface area contributed by atoms with Gasteiger partial charge in [0.2, 0.25) is 0 Å². The van der Waals surface area contributed by atoms with E-state index in [0.29, 0.717) is 6.42 Å². The zero-order chi connectivity index (χ0) is 16.5. The zero-order valence-corrected chi connectivity index (χ0v) is 14.2. The first-order chi connectivity index (χ1) is 10.7. The van der Waals surface area contributed by atoms with Crippen molar-refractivity contribution in [3.63, 3.8) is 0 Å². The van der Waals surface area contributed by atoms with Crippen LogP contribution in [0.2, 0.25) is 0 Å². The zero-order valence-electron chi connectivity index (χ0n) is 14.2. The van der Waals surface area contributed by atoms with Gasteiger partial charge in [0.25, 0.3) is 0 Å². The number of ether oxygens (including phenoxy) is 1. The Morgan fingerprint density at radius 1 is 1.05 bits per heavy atom. The van der Waals surface area contributed by atoms with Crippen LogP contribution in [0.25, 0.3) is 0 Å². The van der Waals surface area contributed by atoms with Gasteiger partial charge in [0.05, 0.1) is 13.2 Å². The summed E-state index contributed by atoms with van der Waals surface area (Å²) in [4.78, 5) is 10.9. The third-order valence-corrected chi connectivity index (χ3v) is 3.36. The second-order valence-electron chi connectivity index (χ2n) is 5.38. The van der Waals surface area contributed by atoms with Crippen LogP contribution in [-0.2, 0) is 9.53 Å². The molecule has 0 saturated heterocycles. The quantitative estimate of drug-likeness (QED) is 0.232. The van der Waals surface area contributed by atoms with Crippen LogP contribution in [0.3, 0.4) is 0 Å². The molecule has 0 fully saturated rings. The van der Waals surface area contributed by atoms with Crippen LogP contribution in [0.15, 0.2) is 36.5 Å². The van der Waals surface area contributed by atoms with Crippen molar-refractivity contribution in [2.24, 2.45) is 0 Å². The lowest BCUT2D eigenvalue weighted by atomic mass is 10.1. The Morgan fingerprint density at radius 2 is 1.77 bits per heavy atom. The number of aliphatic hydroxyl groups is 1. The second-order valence-corrected chi connectivity index (χ2v) is 5.38. The lowest BCUT2D eigenvalue weighted by Crippen LogP contribution is -2.01. The fraction of sp³-hybridized carbons (Fsp3) is 0.632. The maximum absolute atomic E-state index is 10.9. The van der Waals surface area contributed by atoms with E-state index in [-0.39, 0.29) is 12.1 Å². The first kappa shape index (κ1) is 20.6. The Bertz CT molecular complexity index is 343. The molecular weight excluding hydrogens is 276 g/mol. The predicted octanol–water partition coefficient (Wildman–Crippen LogP) is 4.72. The van der Waals surface area contributed by atoms with Gasteiger partial charge in [0.1, 0.15) is 0 Å². The molecule has 0 spiro atoms. The number of unbranched alkanes of at least 4 members (excludes halogenated alkanes) is 4. The molecule has 0 aromatic heterocycles. The van der Waals surface area contributed by atoms with Gasteiger partial charge in [-0.2, -0.15) is 0 Å². The average molecular weight is 308 g/mol. The normalized spacial score (nSPS) is 13.4. The minimum Gasteiger partial charge on any atom is -0.469 e. The molecule has 0 aliphatic rings. The van der Waals surface area contributed by atoms with E-state index in [0.717, 1.165) is 51.4 Å². The van der Waals surface area contributed by atoms with E-state index in [1.165, 1.54) is 7.11 Å². The number of esters is 1. The van der Waals surface area contributed by atoms with E-state index in [1.54, 1.807) is 0 Å². The average Bonchev–Trinajstić information content (AvgIpc) is 2.52. The van der Waals surface area contributed by atoms with Crippen molar-refractivity contribution in [1.82, 2.24) is 0 Å². The number of aliphatic hydroxyl groups excluding tert-OH is 1. The molecule has 0 aromatic carbocycles. The van der Waals surface area contributed by atoms with Gasteiger partial charge in [-0.25, -0.2) is 0 Å². The monoisotopic (exact) mass is 308 g/mol. The van der Waals surface area contributed by atoms with Gasteiger partial charge in [-0.1, -0.05) is 69.1 Å². The number of methoxy groups -OCH3 is 1. The number of hydrogen-bond acceptors (Lipinski definition) is 3. The highest BCUT2D eigenvalue weighted by Gasteiger charge is 2.00. The summed E-state index contributed by atoms with van der Waals surface area (Å²) in [6.45, 7) is 2.12. The Hall–Kier alpha value is -1.35. The first-order valence-electron chi connectivity index (χ1n) is 8.44. The molecule has 3 nitrogen and oxygen atoms in total. The van der Waals surface area contributed by atoms with E-state index >= 15 is 0 Å². The van der Waals surface area contributed by atoms with Crippen molar-refractivity contribution < 1.29 is 14.6 Å². The van der Waals surface area contributed by atoms with Crippen molar-refractivity contribution in [1.29, 1.82) is 0 Å². The lowest BCUT2D eigenvalue weighted by molar-refractivity contribution is -0.140. The number of carbonyl (C=O) groups is 1.